The molecule has 0 aromatic heterocycles. The molecular weight excluding hydrogens is 542 g/mol. The van der Waals surface area contributed by atoms with Crippen molar-refractivity contribution in [1.82, 2.24) is 14.5 Å². The number of carbonyl (C=O) groups is 3. The fraction of sp³-hybridized carbons (Fsp3) is 0.633. The third-order valence-corrected chi connectivity index (χ3v) is 9.38. The highest BCUT2D eigenvalue weighted by Gasteiger charge is 2.58. The second kappa shape index (κ2) is 12.9. The third kappa shape index (κ3) is 7.48. The van der Waals surface area contributed by atoms with Crippen LogP contribution in [0.15, 0.2) is 40.8 Å². The van der Waals surface area contributed by atoms with Gasteiger partial charge in [-0.15, -0.1) is 0 Å². The molecule has 1 aliphatic heterocycles. The summed E-state index contributed by atoms with van der Waals surface area (Å²) in [5, 5.41) is 0. The van der Waals surface area contributed by atoms with E-state index in [9.17, 15) is 22.8 Å². The van der Waals surface area contributed by atoms with Crippen molar-refractivity contribution in [1.29, 1.82) is 0 Å². The molecule has 2 rings (SSSR count). The number of hydrogen-bond donors (Lipinski definition) is 3. The molecule has 1 saturated heterocycles. The van der Waals surface area contributed by atoms with Gasteiger partial charge in [-0.3, -0.25) is 19.3 Å². The van der Waals surface area contributed by atoms with Gasteiger partial charge in [0.2, 0.25) is 11.8 Å². The normalized spacial score (nSPS) is 20.5. The first-order chi connectivity index (χ1) is 18.8. The van der Waals surface area contributed by atoms with E-state index in [-0.39, 0.29) is 28.3 Å². The fourth-order valence-corrected chi connectivity index (χ4v) is 7.11. The average molecular weight is 592 g/mol. The van der Waals surface area contributed by atoms with Crippen LogP contribution in [0.25, 0.3) is 0 Å². The number of rotatable bonds is 10. The van der Waals surface area contributed by atoms with Gasteiger partial charge in [0.05, 0.1) is 16.9 Å². The van der Waals surface area contributed by atoms with Gasteiger partial charge in [-0.25, -0.2) is 13.1 Å². The summed E-state index contributed by atoms with van der Waals surface area (Å²) >= 11 is 0. The zero-order valence-electron chi connectivity index (χ0n) is 26.0. The van der Waals surface area contributed by atoms with Crippen LogP contribution < -0.4 is 16.2 Å². The van der Waals surface area contributed by atoms with Crippen LogP contribution in [-0.4, -0.2) is 67.2 Å². The minimum atomic E-state index is -4.13. The number of anilines is 1. The Balaban J connectivity index is 2.48. The predicted molar refractivity (Wildman–Crippen MR) is 162 cm³/mol. The second-order valence-electron chi connectivity index (χ2n) is 12.9. The molecule has 1 heterocycles. The number of nitrogens with zero attached hydrogens (tertiary/aromatic N) is 2. The van der Waals surface area contributed by atoms with E-state index in [2.05, 4.69) is 9.62 Å². The van der Waals surface area contributed by atoms with Crippen LogP contribution in [0.4, 0.5) is 5.69 Å². The molecule has 11 heteroatoms. The Morgan fingerprint density at radius 1 is 1.07 bits per heavy atom. The molecule has 5 N–H and O–H groups in total. The highest BCUT2D eigenvalue weighted by molar-refractivity contribution is 7.90. The predicted octanol–water partition coefficient (Wildman–Crippen LogP) is 3.28. The van der Waals surface area contributed by atoms with Gasteiger partial charge in [-0.05, 0) is 82.2 Å². The fourth-order valence-electron chi connectivity index (χ4n) is 6.09. The SMILES string of the molecule is C/C(=C\[C@H](C(C)C)N(C)C(=O)[C@@H](C(C)(C)C)C1(C(N)=O)CCCCN1C(C)C)C(=O)NS(=O)(=O)c1ccc(N)cc1. The number of benzene rings is 1. The van der Waals surface area contributed by atoms with Crippen molar-refractivity contribution in [3.63, 3.8) is 0 Å². The topological polar surface area (TPSA) is 156 Å². The number of nitrogens with one attached hydrogen (secondary N) is 1. The quantitative estimate of drug-likeness (QED) is 0.278. The van der Waals surface area contributed by atoms with Crippen LogP contribution in [-0.2, 0) is 24.4 Å². The number of primary amides is 1. The molecule has 1 fully saturated rings. The third-order valence-electron chi connectivity index (χ3n) is 8.03. The number of carbonyl (C=O) groups excluding carboxylic acids is 3. The molecular formula is C30H49N5O5S. The number of nitrogen functional groups attached to an aromatic ring is 1. The van der Waals surface area contributed by atoms with Crippen LogP contribution in [0.5, 0.6) is 0 Å². The maximum atomic E-state index is 14.5. The van der Waals surface area contributed by atoms with Crippen molar-refractivity contribution in [3.05, 3.63) is 35.9 Å². The molecule has 10 nitrogen and oxygen atoms in total. The van der Waals surface area contributed by atoms with E-state index in [4.69, 9.17) is 11.5 Å². The van der Waals surface area contributed by atoms with Crippen molar-refractivity contribution >= 4 is 33.4 Å². The Morgan fingerprint density at radius 2 is 1.63 bits per heavy atom. The molecule has 0 aliphatic carbocycles. The van der Waals surface area contributed by atoms with Crippen molar-refractivity contribution in [2.24, 2.45) is 23.0 Å². The van der Waals surface area contributed by atoms with Gasteiger partial charge in [0.25, 0.3) is 15.9 Å². The zero-order chi connectivity index (χ0) is 31.5. The molecule has 1 aromatic carbocycles. The first kappa shape index (κ1) is 34.3. The van der Waals surface area contributed by atoms with Crippen molar-refractivity contribution in [2.45, 2.75) is 97.2 Å². The lowest BCUT2D eigenvalue weighted by Crippen LogP contribution is -2.70. The second-order valence-corrected chi connectivity index (χ2v) is 14.6. The standard InChI is InChI=1S/C30H49N5O5S/c1-19(2)24(18-21(5)26(36)33-41(39,40)23-14-12-22(31)13-15-23)34(9)27(37)25(29(6,7)8)30(28(32)38)16-10-11-17-35(30)20(3)4/h12-15,18-20,24-25H,10-11,16-17,31H2,1-9H3,(H2,32,38)(H,33,36)/b21-18+/t24-,25+,30?/m1/s1. The lowest BCUT2D eigenvalue weighted by Gasteiger charge is -2.55. The van der Waals surface area contributed by atoms with E-state index in [0.29, 0.717) is 18.7 Å². The number of nitrogens with two attached hydrogens (primary N) is 2. The van der Waals surface area contributed by atoms with Gasteiger partial charge in [0.1, 0.15) is 5.54 Å². The van der Waals surface area contributed by atoms with Crippen LogP contribution >= 0.6 is 0 Å². The van der Waals surface area contributed by atoms with Gasteiger partial charge < -0.3 is 16.4 Å². The summed E-state index contributed by atoms with van der Waals surface area (Å²) in [5.41, 5.74) is 10.6. The van der Waals surface area contributed by atoms with Crippen LogP contribution in [0, 0.1) is 17.3 Å². The Hall–Kier alpha value is -2.92. The number of amides is 3. The van der Waals surface area contributed by atoms with E-state index in [1.54, 1.807) is 18.0 Å². The highest BCUT2D eigenvalue weighted by Crippen LogP contribution is 2.45. The lowest BCUT2D eigenvalue weighted by atomic mass is 9.63. The van der Waals surface area contributed by atoms with E-state index < -0.39 is 44.8 Å². The maximum absolute atomic E-state index is 14.5. The summed E-state index contributed by atoms with van der Waals surface area (Å²) in [6.07, 6.45) is 3.78. The van der Waals surface area contributed by atoms with Crippen LogP contribution in [0.3, 0.4) is 0 Å². The summed E-state index contributed by atoms with van der Waals surface area (Å²) < 4.78 is 27.6. The lowest BCUT2D eigenvalue weighted by molar-refractivity contribution is -0.162. The largest absolute Gasteiger partial charge is 0.399 e. The van der Waals surface area contributed by atoms with E-state index >= 15 is 0 Å². The molecule has 1 aliphatic rings. The molecule has 3 atom stereocenters. The molecule has 3 amide bonds. The zero-order valence-corrected chi connectivity index (χ0v) is 26.8. The van der Waals surface area contributed by atoms with E-state index in [1.807, 2.05) is 48.5 Å². The molecule has 41 heavy (non-hydrogen) atoms. The summed E-state index contributed by atoms with van der Waals surface area (Å²) in [6.45, 7) is 15.9. The Kier molecular flexibility index (Phi) is 10.8. The number of sulfonamides is 1. The first-order valence-corrected chi connectivity index (χ1v) is 15.7. The van der Waals surface area contributed by atoms with Crippen LogP contribution in [0.2, 0.25) is 0 Å². The van der Waals surface area contributed by atoms with Crippen LogP contribution in [0.1, 0.15) is 74.7 Å². The minimum Gasteiger partial charge on any atom is -0.399 e. The summed E-state index contributed by atoms with van der Waals surface area (Å²) in [5.74, 6) is -2.44. The summed E-state index contributed by atoms with van der Waals surface area (Å²) in [4.78, 5) is 44.3. The average Bonchev–Trinajstić information content (AvgIpc) is 2.85. The van der Waals surface area contributed by atoms with E-state index in [0.717, 1.165) is 12.8 Å². The van der Waals surface area contributed by atoms with Gasteiger partial charge in [0, 0.05) is 24.4 Å². The molecule has 230 valence electrons. The Morgan fingerprint density at radius 3 is 2.10 bits per heavy atom. The van der Waals surface area contributed by atoms with Crippen molar-refractivity contribution < 1.29 is 22.8 Å². The maximum Gasteiger partial charge on any atom is 0.264 e. The Labute approximate surface area is 245 Å². The van der Waals surface area contributed by atoms with Gasteiger partial charge in [-0.1, -0.05) is 40.7 Å². The minimum absolute atomic E-state index is 0.000456. The number of likely N-dealkylation sites (tertiary alicyclic amines) is 1. The molecule has 1 aromatic rings. The van der Waals surface area contributed by atoms with Crippen molar-refractivity contribution in [3.8, 4) is 0 Å². The van der Waals surface area contributed by atoms with Crippen molar-refractivity contribution in [2.75, 3.05) is 19.3 Å². The smallest absolute Gasteiger partial charge is 0.264 e. The number of piperidine rings is 1. The van der Waals surface area contributed by atoms with Gasteiger partial charge in [0.15, 0.2) is 0 Å². The number of hydrogen-bond acceptors (Lipinski definition) is 7. The molecule has 0 saturated carbocycles. The summed E-state index contributed by atoms with van der Waals surface area (Å²) in [7, 11) is -2.46. The molecule has 1 unspecified atom stereocenters. The first-order valence-electron chi connectivity index (χ1n) is 14.2. The monoisotopic (exact) mass is 591 g/mol. The van der Waals surface area contributed by atoms with E-state index in [1.165, 1.54) is 31.2 Å². The highest BCUT2D eigenvalue weighted by atomic mass is 32.2. The Bertz CT molecular complexity index is 1250. The summed E-state index contributed by atoms with van der Waals surface area (Å²) in [6, 6.07) is 4.96. The molecule has 0 radical (unpaired) electrons. The molecule has 0 bridgehead atoms. The molecule has 0 spiro atoms. The number of likely N-dealkylation sites (N-methyl/N-ethyl adjacent to an activating group) is 1. The van der Waals surface area contributed by atoms with Gasteiger partial charge >= 0.3 is 0 Å². The van der Waals surface area contributed by atoms with Gasteiger partial charge in [-0.2, -0.15) is 0 Å².